The molecule has 3 aromatic carbocycles. The Morgan fingerprint density at radius 3 is 2.33 bits per heavy atom. The summed E-state index contributed by atoms with van der Waals surface area (Å²) in [5.74, 6) is -0.995. The maximum absolute atomic E-state index is 13.2. The lowest BCUT2D eigenvalue weighted by Gasteiger charge is -2.18. The SMILES string of the molecule is CN(C(=O)c1ccc2nc(NC(=O)OC(C)(C)C)sc2c1)c1cccc(C(=O)Nc2cccc(C(F)(F)F)c2)c1. The maximum Gasteiger partial charge on any atom is 0.416 e. The number of carbonyl (C=O) groups is 3. The number of hydrogen-bond acceptors (Lipinski definition) is 6. The van der Waals surface area contributed by atoms with Crippen molar-refractivity contribution in [1.82, 2.24) is 4.98 Å². The molecule has 0 aliphatic heterocycles. The van der Waals surface area contributed by atoms with Crippen LogP contribution in [0.5, 0.6) is 0 Å². The molecule has 4 aromatic rings. The zero-order valence-corrected chi connectivity index (χ0v) is 22.7. The molecule has 0 spiro atoms. The number of fused-ring (bicyclic) bond motifs is 1. The normalized spacial score (nSPS) is 11.7. The molecule has 0 saturated heterocycles. The molecule has 8 nitrogen and oxygen atoms in total. The van der Waals surface area contributed by atoms with Gasteiger partial charge in [0.05, 0.1) is 15.8 Å². The van der Waals surface area contributed by atoms with Crippen LogP contribution in [-0.2, 0) is 10.9 Å². The number of benzene rings is 3. The van der Waals surface area contributed by atoms with E-state index in [2.05, 4.69) is 15.6 Å². The predicted octanol–water partition coefficient (Wildman–Crippen LogP) is 7.19. The third-order valence-electron chi connectivity index (χ3n) is 5.49. The van der Waals surface area contributed by atoms with Crippen molar-refractivity contribution < 1.29 is 32.3 Å². The van der Waals surface area contributed by atoms with Gasteiger partial charge in [0.1, 0.15) is 5.60 Å². The number of aromatic nitrogens is 1. The van der Waals surface area contributed by atoms with Gasteiger partial charge in [0.25, 0.3) is 11.8 Å². The Morgan fingerprint density at radius 2 is 1.62 bits per heavy atom. The predicted molar refractivity (Wildman–Crippen MR) is 148 cm³/mol. The molecular formula is C28H25F3N4O4S. The van der Waals surface area contributed by atoms with Gasteiger partial charge in [0.2, 0.25) is 0 Å². The van der Waals surface area contributed by atoms with E-state index < -0.39 is 29.3 Å². The Morgan fingerprint density at radius 1 is 0.900 bits per heavy atom. The number of rotatable bonds is 5. The average Bonchev–Trinajstić information content (AvgIpc) is 3.27. The molecular weight excluding hydrogens is 545 g/mol. The highest BCUT2D eigenvalue weighted by Gasteiger charge is 2.30. The quantitative estimate of drug-likeness (QED) is 0.265. The van der Waals surface area contributed by atoms with Gasteiger partial charge in [-0.1, -0.05) is 23.5 Å². The summed E-state index contributed by atoms with van der Waals surface area (Å²) in [6.07, 6.45) is -5.18. The fourth-order valence-corrected chi connectivity index (χ4v) is 4.54. The van der Waals surface area contributed by atoms with Crippen LogP contribution in [0.1, 0.15) is 47.1 Å². The summed E-state index contributed by atoms with van der Waals surface area (Å²) in [6.45, 7) is 5.24. The van der Waals surface area contributed by atoms with Crippen molar-refractivity contribution in [3.05, 3.63) is 83.4 Å². The smallest absolute Gasteiger partial charge is 0.416 e. The number of nitrogens with one attached hydrogen (secondary N) is 2. The number of anilines is 3. The lowest BCUT2D eigenvalue weighted by molar-refractivity contribution is -0.137. The van der Waals surface area contributed by atoms with Crippen molar-refractivity contribution in [2.45, 2.75) is 32.5 Å². The van der Waals surface area contributed by atoms with Gasteiger partial charge in [-0.2, -0.15) is 13.2 Å². The van der Waals surface area contributed by atoms with Gasteiger partial charge in [-0.3, -0.25) is 14.9 Å². The molecule has 4 rings (SSSR count). The first-order chi connectivity index (χ1) is 18.7. The summed E-state index contributed by atoms with van der Waals surface area (Å²) in [5, 5.41) is 5.37. The molecule has 0 aliphatic carbocycles. The first kappa shape index (κ1) is 28.6. The molecule has 1 heterocycles. The molecule has 3 amide bonds. The lowest BCUT2D eigenvalue weighted by Crippen LogP contribution is -2.27. The maximum atomic E-state index is 13.2. The van der Waals surface area contributed by atoms with Gasteiger partial charge < -0.3 is 15.0 Å². The molecule has 208 valence electrons. The van der Waals surface area contributed by atoms with E-state index in [0.717, 1.165) is 12.1 Å². The molecule has 0 bridgehead atoms. The van der Waals surface area contributed by atoms with Crippen LogP contribution in [0, 0.1) is 0 Å². The first-order valence-corrected chi connectivity index (χ1v) is 12.8. The van der Waals surface area contributed by atoms with Crippen molar-refractivity contribution >= 4 is 56.0 Å². The highest BCUT2D eigenvalue weighted by Crippen LogP contribution is 2.31. The Bertz CT molecular complexity index is 1590. The van der Waals surface area contributed by atoms with E-state index in [1.54, 1.807) is 58.2 Å². The largest absolute Gasteiger partial charge is 0.444 e. The minimum atomic E-state index is -4.54. The molecule has 12 heteroatoms. The Hall–Kier alpha value is -4.45. The minimum Gasteiger partial charge on any atom is -0.444 e. The van der Waals surface area contributed by atoms with E-state index in [0.29, 0.717) is 26.6 Å². The zero-order valence-electron chi connectivity index (χ0n) is 21.9. The minimum absolute atomic E-state index is 0.00644. The Balaban J connectivity index is 1.48. The number of ether oxygens (including phenoxy) is 1. The van der Waals surface area contributed by atoms with Crippen LogP contribution in [0.25, 0.3) is 10.2 Å². The van der Waals surface area contributed by atoms with Crippen LogP contribution in [0.15, 0.2) is 66.7 Å². The van der Waals surface area contributed by atoms with Crippen LogP contribution in [0.3, 0.4) is 0 Å². The fourth-order valence-electron chi connectivity index (χ4n) is 3.65. The van der Waals surface area contributed by atoms with Crippen molar-refractivity contribution in [1.29, 1.82) is 0 Å². The average molecular weight is 571 g/mol. The molecule has 0 atom stereocenters. The zero-order chi connectivity index (χ0) is 29.2. The summed E-state index contributed by atoms with van der Waals surface area (Å²) in [6, 6.07) is 15.4. The Labute approximate surface area is 231 Å². The van der Waals surface area contributed by atoms with E-state index in [1.165, 1.54) is 40.5 Å². The van der Waals surface area contributed by atoms with Gasteiger partial charge in [0, 0.05) is 29.5 Å². The van der Waals surface area contributed by atoms with Gasteiger partial charge in [-0.15, -0.1) is 0 Å². The first-order valence-electron chi connectivity index (χ1n) is 12.0. The lowest BCUT2D eigenvalue weighted by atomic mass is 10.1. The molecule has 0 aliphatic rings. The highest BCUT2D eigenvalue weighted by atomic mass is 32.1. The number of amides is 3. The third kappa shape index (κ3) is 6.94. The molecule has 0 unspecified atom stereocenters. The second-order valence-electron chi connectivity index (χ2n) is 9.78. The monoisotopic (exact) mass is 570 g/mol. The molecule has 1 aromatic heterocycles. The summed E-state index contributed by atoms with van der Waals surface area (Å²) in [7, 11) is 1.54. The van der Waals surface area contributed by atoms with Crippen LogP contribution >= 0.6 is 11.3 Å². The van der Waals surface area contributed by atoms with Crippen molar-refractivity contribution in [2.24, 2.45) is 0 Å². The van der Waals surface area contributed by atoms with E-state index >= 15 is 0 Å². The Kier molecular flexibility index (Phi) is 7.83. The topological polar surface area (TPSA) is 101 Å². The number of hydrogen-bond donors (Lipinski definition) is 2. The van der Waals surface area contributed by atoms with Crippen LogP contribution in [-0.4, -0.2) is 35.5 Å². The van der Waals surface area contributed by atoms with Gasteiger partial charge in [-0.05, 0) is 75.4 Å². The van der Waals surface area contributed by atoms with Crippen molar-refractivity contribution in [3.8, 4) is 0 Å². The molecule has 0 fully saturated rings. The standard InChI is InChI=1S/C28H25F3N4O4S/c1-27(2,3)39-26(38)34-25-33-21-12-11-17(14-22(21)40-25)24(37)35(4)20-10-5-7-16(13-20)23(36)32-19-9-6-8-18(15-19)28(29,30)31/h5-15H,1-4H3,(H,32,36)(H,33,34,38). The number of thiazole rings is 1. The van der Waals surface area contributed by atoms with Crippen LogP contribution < -0.4 is 15.5 Å². The summed E-state index contributed by atoms with van der Waals surface area (Å²) in [4.78, 5) is 43.8. The number of carbonyl (C=O) groups excluding carboxylic acids is 3. The number of nitrogens with zero attached hydrogens (tertiary/aromatic N) is 2. The van der Waals surface area contributed by atoms with Gasteiger partial charge in [0.15, 0.2) is 5.13 Å². The van der Waals surface area contributed by atoms with Crippen molar-refractivity contribution in [2.75, 3.05) is 22.6 Å². The van der Waals surface area contributed by atoms with E-state index in [1.807, 2.05) is 0 Å². The van der Waals surface area contributed by atoms with E-state index in [9.17, 15) is 27.6 Å². The second-order valence-corrected chi connectivity index (χ2v) is 10.8. The van der Waals surface area contributed by atoms with Crippen molar-refractivity contribution in [3.63, 3.8) is 0 Å². The number of halogens is 3. The molecule has 40 heavy (non-hydrogen) atoms. The van der Waals surface area contributed by atoms with E-state index in [-0.39, 0.29) is 17.2 Å². The number of alkyl halides is 3. The van der Waals surface area contributed by atoms with Crippen LogP contribution in [0.2, 0.25) is 0 Å². The van der Waals surface area contributed by atoms with E-state index in [4.69, 9.17) is 4.74 Å². The fraction of sp³-hybridized carbons (Fsp3) is 0.214. The van der Waals surface area contributed by atoms with Gasteiger partial charge in [-0.25, -0.2) is 9.78 Å². The molecule has 0 radical (unpaired) electrons. The molecule has 0 saturated carbocycles. The third-order valence-corrected chi connectivity index (χ3v) is 6.42. The summed E-state index contributed by atoms with van der Waals surface area (Å²) < 4.78 is 44.9. The highest BCUT2D eigenvalue weighted by molar-refractivity contribution is 7.22. The summed E-state index contributed by atoms with van der Waals surface area (Å²) >= 11 is 1.18. The summed E-state index contributed by atoms with van der Waals surface area (Å²) in [5.41, 5.74) is -0.0576. The van der Waals surface area contributed by atoms with Gasteiger partial charge >= 0.3 is 12.3 Å². The van der Waals surface area contributed by atoms with Crippen LogP contribution in [0.4, 0.5) is 34.5 Å². The molecule has 2 N–H and O–H groups in total. The second kappa shape index (κ2) is 11.0.